The predicted molar refractivity (Wildman–Crippen MR) is 89.6 cm³/mol. The van der Waals surface area contributed by atoms with Crippen LogP contribution in [0.2, 0.25) is 0 Å². The molecule has 0 radical (unpaired) electrons. The first-order chi connectivity index (χ1) is 10.6. The minimum absolute atomic E-state index is 0.00696. The third-order valence-corrected chi connectivity index (χ3v) is 4.00. The summed E-state index contributed by atoms with van der Waals surface area (Å²) in [6, 6.07) is 0.620. The van der Waals surface area contributed by atoms with Crippen LogP contribution in [0.15, 0.2) is 0 Å². The Kier molecular flexibility index (Phi) is 9.87. The summed E-state index contributed by atoms with van der Waals surface area (Å²) in [6.07, 6.45) is 8.75. The highest BCUT2D eigenvalue weighted by Gasteiger charge is 2.11. The van der Waals surface area contributed by atoms with Gasteiger partial charge in [0, 0.05) is 38.5 Å². The van der Waals surface area contributed by atoms with Crippen molar-refractivity contribution >= 4 is 11.8 Å². The van der Waals surface area contributed by atoms with Crippen molar-refractivity contribution in [1.82, 2.24) is 16.0 Å². The standard InChI is InChI=1S/C17H33N3O2/c1-14(2)13-17(22)19-10-9-16(21)20-12-11-18-15-7-5-3-4-6-8-15/h14-15,18H,3-13H2,1-2H3,(H,19,22)(H,20,21). The van der Waals surface area contributed by atoms with Crippen molar-refractivity contribution in [2.24, 2.45) is 5.92 Å². The van der Waals surface area contributed by atoms with Gasteiger partial charge in [-0.05, 0) is 18.8 Å². The Morgan fingerprint density at radius 2 is 1.55 bits per heavy atom. The summed E-state index contributed by atoms with van der Waals surface area (Å²) < 4.78 is 0. The molecule has 0 atom stereocenters. The Balaban J connectivity index is 1.97. The van der Waals surface area contributed by atoms with E-state index in [0.29, 0.717) is 37.9 Å². The second kappa shape index (κ2) is 11.5. The molecule has 0 bridgehead atoms. The lowest BCUT2D eigenvalue weighted by Crippen LogP contribution is -2.38. The quantitative estimate of drug-likeness (QED) is 0.450. The van der Waals surface area contributed by atoms with Gasteiger partial charge in [0.05, 0.1) is 0 Å². The number of hydrogen-bond donors (Lipinski definition) is 3. The van der Waals surface area contributed by atoms with Crippen LogP contribution in [0.1, 0.15) is 65.2 Å². The van der Waals surface area contributed by atoms with Crippen LogP contribution in [0, 0.1) is 5.92 Å². The normalized spacial score (nSPS) is 16.3. The molecule has 0 heterocycles. The van der Waals surface area contributed by atoms with Gasteiger partial charge in [-0.1, -0.05) is 39.5 Å². The molecule has 1 saturated carbocycles. The maximum Gasteiger partial charge on any atom is 0.221 e. The molecule has 22 heavy (non-hydrogen) atoms. The molecule has 3 N–H and O–H groups in total. The first kappa shape index (κ1) is 18.9. The SMILES string of the molecule is CC(C)CC(=O)NCCC(=O)NCCNC1CCCCCC1. The lowest BCUT2D eigenvalue weighted by atomic mass is 10.1. The van der Waals surface area contributed by atoms with E-state index in [9.17, 15) is 9.59 Å². The zero-order valence-corrected chi connectivity index (χ0v) is 14.2. The fourth-order valence-electron chi connectivity index (χ4n) is 2.81. The average molecular weight is 311 g/mol. The summed E-state index contributed by atoms with van der Waals surface area (Å²) in [4.78, 5) is 23.1. The minimum Gasteiger partial charge on any atom is -0.356 e. The predicted octanol–water partition coefficient (Wildman–Crippen LogP) is 1.97. The molecule has 0 aromatic heterocycles. The summed E-state index contributed by atoms with van der Waals surface area (Å²) in [5.41, 5.74) is 0. The van der Waals surface area contributed by atoms with E-state index in [1.165, 1.54) is 38.5 Å². The highest BCUT2D eigenvalue weighted by atomic mass is 16.2. The van der Waals surface area contributed by atoms with Crippen LogP contribution >= 0.6 is 0 Å². The molecule has 0 saturated heterocycles. The highest BCUT2D eigenvalue weighted by molar-refractivity contribution is 5.78. The lowest BCUT2D eigenvalue weighted by molar-refractivity contribution is -0.122. The molecule has 0 aliphatic heterocycles. The Morgan fingerprint density at radius 1 is 0.909 bits per heavy atom. The fourth-order valence-corrected chi connectivity index (χ4v) is 2.81. The van der Waals surface area contributed by atoms with E-state index in [1.54, 1.807) is 0 Å². The largest absolute Gasteiger partial charge is 0.356 e. The van der Waals surface area contributed by atoms with Crippen LogP contribution in [-0.4, -0.2) is 37.5 Å². The summed E-state index contributed by atoms with van der Waals surface area (Å²) in [5.74, 6) is 0.384. The summed E-state index contributed by atoms with van der Waals surface area (Å²) in [6.45, 7) is 5.93. The Hall–Kier alpha value is -1.10. The van der Waals surface area contributed by atoms with Crippen LogP contribution in [0.3, 0.4) is 0 Å². The summed E-state index contributed by atoms with van der Waals surface area (Å²) in [5, 5.41) is 9.21. The van der Waals surface area contributed by atoms with Gasteiger partial charge in [-0.25, -0.2) is 0 Å². The average Bonchev–Trinajstić information content (AvgIpc) is 2.71. The van der Waals surface area contributed by atoms with Gasteiger partial charge in [-0.3, -0.25) is 9.59 Å². The molecule has 128 valence electrons. The van der Waals surface area contributed by atoms with Crippen molar-refractivity contribution in [2.75, 3.05) is 19.6 Å². The lowest BCUT2D eigenvalue weighted by Gasteiger charge is -2.16. The van der Waals surface area contributed by atoms with Crippen molar-refractivity contribution in [2.45, 2.75) is 71.3 Å². The first-order valence-corrected chi connectivity index (χ1v) is 8.84. The van der Waals surface area contributed by atoms with E-state index in [4.69, 9.17) is 0 Å². The second-order valence-corrected chi connectivity index (χ2v) is 6.69. The van der Waals surface area contributed by atoms with Crippen molar-refractivity contribution < 1.29 is 9.59 Å². The maximum absolute atomic E-state index is 11.7. The number of hydrogen-bond acceptors (Lipinski definition) is 3. The van der Waals surface area contributed by atoms with Crippen molar-refractivity contribution in [3.05, 3.63) is 0 Å². The Morgan fingerprint density at radius 3 is 2.18 bits per heavy atom. The van der Waals surface area contributed by atoms with Crippen LogP contribution in [0.5, 0.6) is 0 Å². The molecule has 2 amide bonds. The second-order valence-electron chi connectivity index (χ2n) is 6.69. The molecule has 5 nitrogen and oxygen atoms in total. The van der Waals surface area contributed by atoms with E-state index in [0.717, 1.165) is 6.54 Å². The molecule has 1 aliphatic carbocycles. The number of carbonyl (C=O) groups is 2. The zero-order valence-electron chi connectivity index (χ0n) is 14.2. The molecule has 1 rings (SSSR count). The summed E-state index contributed by atoms with van der Waals surface area (Å²) >= 11 is 0. The first-order valence-electron chi connectivity index (χ1n) is 8.84. The van der Waals surface area contributed by atoms with Gasteiger partial charge in [-0.2, -0.15) is 0 Å². The highest BCUT2D eigenvalue weighted by Crippen LogP contribution is 2.16. The van der Waals surface area contributed by atoms with Crippen molar-refractivity contribution in [3.8, 4) is 0 Å². The fraction of sp³-hybridized carbons (Fsp3) is 0.882. The van der Waals surface area contributed by atoms with Gasteiger partial charge < -0.3 is 16.0 Å². The number of nitrogens with one attached hydrogen (secondary N) is 3. The molecule has 0 unspecified atom stereocenters. The third kappa shape index (κ3) is 9.77. The van der Waals surface area contributed by atoms with Gasteiger partial charge in [0.2, 0.25) is 11.8 Å². The maximum atomic E-state index is 11.7. The van der Waals surface area contributed by atoms with E-state index >= 15 is 0 Å². The van der Waals surface area contributed by atoms with Crippen LogP contribution in [-0.2, 0) is 9.59 Å². The molecule has 1 aliphatic rings. The van der Waals surface area contributed by atoms with E-state index in [2.05, 4.69) is 16.0 Å². The topological polar surface area (TPSA) is 70.2 Å². The number of amides is 2. The van der Waals surface area contributed by atoms with E-state index in [1.807, 2.05) is 13.8 Å². The van der Waals surface area contributed by atoms with E-state index < -0.39 is 0 Å². The van der Waals surface area contributed by atoms with Gasteiger partial charge in [0.1, 0.15) is 0 Å². The smallest absolute Gasteiger partial charge is 0.221 e. The molecular formula is C17H33N3O2. The van der Waals surface area contributed by atoms with Gasteiger partial charge in [0.25, 0.3) is 0 Å². The van der Waals surface area contributed by atoms with Gasteiger partial charge in [0.15, 0.2) is 0 Å². The summed E-state index contributed by atoms with van der Waals surface area (Å²) in [7, 11) is 0. The Labute approximate surface area is 135 Å². The molecule has 0 spiro atoms. The van der Waals surface area contributed by atoms with Gasteiger partial charge in [-0.15, -0.1) is 0 Å². The van der Waals surface area contributed by atoms with Gasteiger partial charge >= 0.3 is 0 Å². The van der Waals surface area contributed by atoms with E-state index in [-0.39, 0.29) is 11.8 Å². The Bertz CT molecular complexity index is 324. The van der Waals surface area contributed by atoms with Crippen LogP contribution in [0.4, 0.5) is 0 Å². The molecular weight excluding hydrogens is 278 g/mol. The zero-order chi connectivity index (χ0) is 16.2. The molecule has 5 heteroatoms. The minimum atomic E-state index is 0.00696. The number of carbonyl (C=O) groups excluding carboxylic acids is 2. The van der Waals surface area contributed by atoms with Crippen molar-refractivity contribution in [3.63, 3.8) is 0 Å². The molecule has 0 aromatic carbocycles. The number of rotatable bonds is 9. The molecule has 1 fully saturated rings. The van der Waals surface area contributed by atoms with Crippen molar-refractivity contribution in [1.29, 1.82) is 0 Å². The third-order valence-electron chi connectivity index (χ3n) is 4.00. The monoisotopic (exact) mass is 311 g/mol. The van der Waals surface area contributed by atoms with Crippen LogP contribution in [0.25, 0.3) is 0 Å². The van der Waals surface area contributed by atoms with Crippen LogP contribution < -0.4 is 16.0 Å². The molecule has 0 aromatic rings.